The van der Waals surface area contributed by atoms with Crippen LogP contribution < -0.4 is 20.9 Å². The maximum absolute atomic E-state index is 11.5. The molecule has 20 heavy (non-hydrogen) atoms. The van der Waals surface area contributed by atoms with Gasteiger partial charge in [-0.1, -0.05) is 25.7 Å². The number of hydrogen-bond donors (Lipinski definition) is 3. The molecule has 0 saturated heterocycles. The van der Waals surface area contributed by atoms with Gasteiger partial charge in [0.05, 0.1) is 13.4 Å². The Hall–Kier alpha value is -1.56. The summed E-state index contributed by atoms with van der Waals surface area (Å²) in [4.78, 5) is 18.1. The first kappa shape index (κ1) is 14.8. The van der Waals surface area contributed by atoms with E-state index in [-0.39, 0.29) is 11.3 Å². The topological polar surface area (TPSA) is 79.0 Å². The quantitative estimate of drug-likeness (QED) is 0.543. The maximum atomic E-state index is 11.5. The summed E-state index contributed by atoms with van der Waals surface area (Å²) in [5, 5.41) is 6.71. The van der Waals surface area contributed by atoms with Gasteiger partial charge in [0.25, 0.3) is 5.56 Å². The molecule has 1 aromatic rings. The van der Waals surface area contributed by atoms with E-state index in [1.165, 1.54) is 52.0 Å². The molecule has 1 saturated carbocycles. The monoisotopic (exact) mass is 280 g/mol. The van der Waals surface area contributed by atoms with Gasteiger partial charge in [-0.3, -0.25) is 4.79 Å². The Morgan fingerprint density at radius 1 is 1.30 bits per heavy atom. The van der Waals surface area contributed by atoms with Crippen LogP contribution in [0.1, 0.15) is 38.5 Å². The SMILES string of the molecule is COc1c(NCCNC2CCCCCC2)nc[nH]c1=O. The zero-order valence-corrected chi connectivity index (χ0v) is 12.1. The molecule has 0 radical (unpaired) electrons. The lowest BCUT2D eigenvalue weighted by atomic mass is 10.1. The lowest BCUT2D eigenvalue weighted by molar-refractivity contribution is 0.407. The van der Waals surface area contributed by atoms with Crippen LogP contribution in [-0.2, 0) is 0 Å². The minimum Gasteiger partial charge on any atom is -0.489 e. The Morgan fingerprint density at radius 3 is 2.75 bits per heavy atom. The molecule has 3 N–H and O–H groups in total. The number of nitrogens with one attached hydrogen (secondary N) is 3. The number of ether oxygens (including phenoxy) is 1. The van der Waals surface area contributed by atoms with E-state index < -0.39 is 0 Å². The molecule has 0 spiro atoms. The second-order valence-electron chi connectivity index (χ2n) is 5.18. The molecular weight excluding hydrogens is 256 g/mol. The minimum absolute atomic E-state index is 0.238. The van der Waals surface area contributed by atoms with Gasteiger partial charge in [-0.25, -0.2) is 4.98 Å². The summed E-state index contributed by atoms with van der Waals surface area (Å²) in [7, 11) is 1.47. The van der Waals surface area contributed by atoms with Crippen LogP contribution in [0.25, 0.3) is 0 Å². The molecule has 112 valence electrons. The molecule has 1 aliphatic carbocycles. The second-order valence-corrected chi connectivity index (χ2v) is 5.18. The Morgan fingerprint density at radius 2 is 2.05 bits per heavy atom. The molecule has 1 aromatic heterocycles. The molecule has 1 heterocycles. The van der Waals surface area contributed by atoms with E-state index in [0.29, 0.717) is 11.9 Å². The highest BCUT2D eigenvalue weighted by molar-refractivity contribution is 5.47. The number of methoxy groups -OCH3 is 1. The van der Waals surface area contributed by atoms with Crippen molar-refractivity contribution in [2.24, 2.45) is 0 Å². The van der Waals surface area contributed by atoms with E-state index in [1.54, 1.807) is 0 Å². The van der Waals surface area contributed by atoms with Crippen molar-refractivity contribution in [1.82, 2.24) is 15.3 Å². The van der Waals surface area contributed by atoms with Crippen LogP contribution in [0.15, 0.2) is 11.1 Å². The molecule has 1 aliphatic rings. The third-order valence-corrected chi connectivity index (χ3v) is 3.72. The number of aromatic amines is 1. The lowest BCUT2D eigenvalue weighted by Gasteiger charge is -2.16. The number of hydrogen-bond acceptors (Lipinski definition) is 5. The van der Waals surface area contributed by atoms with Crippen molar-refractivity contribution in [3.05, 3.63) is 16.7 Å². The summed E-state index contributed by atoms with van der Waals surface area (Å²) in [6.45, 7) is 1.59. The van der Waals surface area contributed by atoms with Gasteiger partial charge in [0, 0.05) is 19.1 Å². The van der Waals surface area contributed by atoms with E-state index in [0.717, 1.165) is 13.1 Å². The van der Waals surface area contributed by atoms with E-state index in [4.69, 9.17) is 4.74 Å². The van der Waals surface area contributed by atoms with Gasteiger partial charge in [0.2, 0.25) is 5.75 Å². The Labute approximate surface area is 119 Å². The second kappa shape index (κ2) is 7.89. The van der Waals surface area contributed by atoms with Crippen molar-refractivity contribution in [3.63, 3.8) is 0 Å². The molecule has 0 unspecified atom stereocenters. The zero-order valence-electron chi connectivity index (χ0n) is 12.1. The number of anilines is 1. The van der Waals surface area contributed by atoms with Crippen LogP contribution in [0.3, 0.4) is 0 Å². The molecule has 0 atom stereocenters. The normalized spacial score (nSPS) is 16.6. The van der Waals surface area contributed by atoms with Crippen molar-refractivity contribution >= 4 is 5.82 Å². The van der Waals surface area contributed by atoms with Crippen molar-refractivity contribution in [1.29, 1.82) is 0 Å². The van der Waals surface area contributed by atoms with Crippen molar-refractivity contribution in [2.45, 2.75) is 44.6 Å². The number of rotatable bonds is 6. The van der Waals surface area contributed by atoms with Crippen LogP contribution in [-0.4, -0.2) is 36.2 Å². The molecule has 0 amide bonds. The molecule has 0 aromatic carbocycles. The fraction of sp³-hybridized carbons (Fsp3) is 0.714. The first-order chi connectivity index (χ1) is 9.81. The molecule has 0 bridgehead atoms. The van der Waals surface area contributed by atoms with Crippen LogP contribution in [0, 0.1) is 0 Å². The lowest BCUT2D eigenvalue weighted by Crippen LogP contribution is -2.32. The summed E-state index contributed by atoms with van der Waals surface area (Å²) >= 11 is 0. The summed E-state index contributed by atoms with van der Waals surface area (Å²) in [5.74, 6) is 0.737. The average molecular weight is 280 g/mol. The van der Waals surface area contributed by atoms with Crippen LogP contribution >= 0.6 is 0 Å². The predicted octanol–water partition coefficient (Wildman–Crippen LogP) is 1.50. The Kier molecular flexibility index (Phi) is 5.86. The number of aromatic nitrogens is 2. The summed E-state index contributed by atoms with van der Waals surface area (Å²) < 4.78 is 5.05. The highest BCUT2D eigenvalue weighted by Gasteiger charge is 2.11. The fourth-order valence-corrected chi connectivity index (χ4v) is 2.64. The van der Waals surface area contributed by atoms with Gasteiger partial charge in [-0.2, -0.15) is 0 Å². The molecule has 6 heteroatoms. The summed E-state index contributed by atoms with van der Waals surface area (Å²) in [6.07, 6.45) is 9.31. The third-order valence-electron chi connectivity index (χ3n) is 3.72. The Bertz CT molecular complexity index is 453. The largest absolute Gasteiger partial charge is 0.489 e. The standard InChI is InChI=1S/C14H24N4O2/c1-20-12-13(17-10-18-14(12)19)16-9-8-15-11-6-4-2-3-5-7-11/h10-11,15H,2-9H2,1H3,(H2,16,17,18,19). The molecule has 1 fully saturated rings. The molecule has 0 aliphatic heterocycles. The van der Waals surface area contributed by atoms with Crippen LogP contribution in [0.4, 0.5) is 5.82 Å². The molecule has 2 rings (SSSR count). The fourth-order valence-electron chi connectivity index (χ4n) is 2.64. The number of H-pyrrole nitrogens is 1. The van der Waals surface area contributed by atoms with Crippen LogP contribution in [0.5, 0.6) is 5.75 Å². The highest BCUT2D eigenvalue weighted by atomic mass is 16.5. The smallest absolute Gasteiger partial charge is 0.295 e. The molecular formula is C14H24N4O2. The van der Waals surface area contributed by atoms with Gasteiger partial charge < -0.3 is 20.4 Å². The predicted molar refractivity (Wildman–Crippen MR) is 79.4 cm³/mol. The summed E-state index contributed by atoms with van der Waals surface area (Å²) in [6, 6.07) is 0.633. The third kappa shape index (κ3) is 4.23. The van der Waals surface area contributed by atoms with Crippen molar-refractivity contribution in [2.75, 3.05) is 25.5 Å². The van der Waals surface area contributed by atoms with E-state index in [9.17, 15) is 4.79 Å². The van der Waals surface area contributed by atoms with Gasteiger partial charge in [-0.05, 0) is 12.8 Å². The van der Waals surface area contributed by atoms with Crippen LogP contribution in [0.2, 0.25) is 0 Å². The van der Waals surface area contributed by atoms with E-state index in [1.807, 2.05) is 0 Å². The van der Waals surface area contributed by atoms with Crippen molar-refractivity contribution in [3.8, 4) is 5.75 Å². The molecule has 6 nitrogen and oxygen atoms in total. The van der Waals surface area contributed by atoms with E-state index in [2.05, 4.69) is 20.6 Å². The van der Waals surface area contributed by atoms with Gasteiger partial charge in [-0.15, -0.1) is 0 Å². The average Bonchev–Trinajstić information content (AvgIpc) is 2.72. The maximum Gasteiger partial charge on any atom is 0.295 e. The van der Waals surface area contributed by atoms with Gasteiger partial charge in [0.15, 0.2) is 5.82 Å². The zero-order chi connectivity index (χ0) is 14.2. The number of nitrogens with zero attached hydrogens (tertiary/aromatic N) is 1. The highest BCUT2D eigenvalue weighted by Crippen LogP contribution is 2.17. The summed E-state index contributed by atoms with van der Waals surface area (Å²) in [5.41, 5.74) is -0.262. The first-order valence-electron chi connectivity index (χ1n) is 7.40. The Balaban J connectivity index is 1.75. The van der Waals surface area contributed by atoms with E-state index >= 15 is 0 Å². The minimum atomic E-state index is -0.262. The first-order valence-corrected chi connectivity index (χ1v) is 7.40. The van der Waals surface area contributed by atoms with Gasteiger partial charge >= 0.3 is 0 Å². The van der Waals surface area contributed by atoms with Gasteiger partial charge in [0.1, 0.15) is 0 Å². The van der Waals surface area contributed by atoms with Crippen molar-refractivity contribution < 1.29 is 4.74 Å².